The summed E-state index contributed by atoms with van der Waals surface area (Å²) < 4.78 is 5.87. The summed E-state index contributed by atoms with van der Waals surface area (Å²) >= 11 is 0. The first-order chi connectivity index (χ1) is 14.0. The van der Waals surface area contributed by atoms with Crippen LogP contribution in [0.1, 0.15) is 27.0 Å². The van der Waals surface area contributed by atoms with Crippen molar-refractivity contribution in [2.75, 3.05) is 18.9 Å². The lowest BCUT2D eigenvalue weighted by atomic mass is 10.0. The molecule has 4 rings (SSSR count). The van der Waals surface area contributed by atoms with E-state index in [1.165, 1.54) is 6.21 Å². The Morgan fingerprint density at radius 1 is 1.17 bits per heavy atom. The highest BCUT2D eigenvalue weighted by Gasteiger charge is 2.21. The first-order valence-corrected chi connectivity index (χ1v) is 9.44. The number of nitrogens with zero attached hydrogens (tertiary/aromatic N) is 2. The molecule has 0 atom stereocenters. The molecule has 0 saturated heterocycles. The number of carbonyl (C=O) groups excluding carboxylic acids is 1. The van der Waals surface area contributed by atoms with Crippen molar-refractivity contribution < 1.29 is 9.53 Å². The number of aromatic nitrogens is 1. The van der Waals surface area contributed by atoms with Gasteiger partial charge < -0.3 is 20.8 Å². The summed E-state index contributed by atoms with van der Waals surface area (Å²) in [6.45, 7) is 3.43. The first-order valence-electron chi connectivity index (χ1n) is 9.44. The van der Waals surface area contributed by atoms with Crippen LogP contribution in [0.5, 0.6) is 5.75 Å². The second-order valence-corrected chi connectivity index (χ2v) is 7.08. The van der Waals surface area contributed by atoms with E-state index in [0.717, 1.165) is 28.1 Å². The molecule has 0 unspecified atom stereocenters. The van der Waals surface area contributed by atoms with Crippen molar-refractivity contribution in [1.82, 2.24) is 9.88 Å². The zero-order valence-electron chi connectivity index (χ0n) is 16.2. The molecular formula is C23H22N4O2. The highest BCUT2D eigenvalue weighted by Crippen LogP contribution is 2.29. The molecule has 29 heavy (non-hydrogen) atoms. The number of nitrogens with two attached hydrogens (primary N) is 1. The third-order valence-electron chi connectivity index (χ3n) is 5.03. The Bertz CT molecular complexity index is 1080. The Hall–Kier alpha value is -3.67. The molecule has 3 N–H and O–H groups in total. The number of amides is 1. The lowest BCUT2D eigenvalue weighted by Gasteiger charge is -2.20. The number of benzene rings is 2. The van der Waals surface area contributed by atoms with E-state index >= 15 is 0 Å². The van der Waals surface area contributed by atoms with Gasteiger partial charge in [-0.1, -0.05) is 17.7 Å². The molecule has 2 aromatic carbocycles. The summed E-state index contributed by atoms with van der Waals surface area (Å²) in [5.74, 6) is 1.08. The van der Waals surface area contributed by atoms with E-state index in [4.69, 9.17) is 15.9 Å². The maximum Gasteiger partial charge on any atom is 0.254 e. The summed E-state index contributed by atoms with van der Waals surface area (Å²) in [6, 6.07) is 17.1. The molecule has 3 aromatic rings. The van der Waals surface area contributed by atoms with Gasteiger partial charge in [-0.05, 0) is 49.4 Å². The number of hydrogen-bond donors (Lipinski definition) is 2. The van der Waals surface area contributed by atoms with Crippen LogP contribution in [0, 0.1) is 12.3 Å². The standard InChI is InChI=1S/C23H22N4O2/c1-15-2-4-16(5-3-15)23(28)27-10-11-29-21-9-7-17(12-19(21)14-27)20-8-6-18(13-24)22(25)26-20/h2-9,12-13,24H,10-11,14H2,1H3,(H2,25,26). The highest BCUT2D eigenvalue weighted by atomic mass is 16.5. The largest absolute Gasteiger partial charge is 0.491 e. The molecule has 146 valence electrons. The molecule has 1 aromatic heterocycles. The third-order valence-corrected chi connectivity index (χ3v) is 5.03. The third kappa shape index (κ3) is 3.82. The van der Waals surface area contributed by atoms with E-state index < -0.39 is 0 Å². The van der Waals surface area contributed by atoms with Crippen LogP contribution in [-0.4, -0.2) is 35.2 Å². The van der Waals surface area contributed by atoms with Gasteiger partial charge in [0.05, 0.1) is 12.2 Å². The van der Waals surface area contributed by atoms with Gasteiger partial charge in [-0.25, -0.2) is 4.98 Å². The number of ether oxygens (including phenoxy) is 1. The minimum absolute atomic E-state index is 0.00967. The topological polar surface area (TPSA) is 92.3 Å². The summed E-state index contributed by atoms with van der Waals surface area (Å²) in [5, 5.41) is 7.35. The number of nitrogens with one attached hydrogen (secondary N) is 1. The number of fused-ring (bicyclic) bond motifs is 1. The van der Waals surface area contributed by atoms with Gasteiger partial charge in [0, 0.05) is 35.0 Å². The maximum absolute atomic E-state index is 13.0. The minimum Gasteiger partial charge on any atom is -0.491 e. The molecule has 0 saturated carbocycles. The molecule has 0 bridgehead atoms. The quantitative estimate of drug-likeness (QED) is 0.672. The van der Waals surface area contributed by atoms with Crippen LogP contribution in [0.2, 0.25) is 0 Å². The van der Waals surface area contributed by atoms with Crippen molar-refractivity contribution in [3.05, 3.63) is 76.9 Å². The second-order valence-electron chi connectivity index (χ2n) is 7.08. The van der Waals surface area contributed by atoms with Crippen LogP contribution >= 0.6 is 0 Å². The van der Waals surface area contributed by atoms with Gasteiger partial charge in [0.1, 0.15) is 18.2 Å². The number of rotatable bonds is 3. The minimum atomic E-state index is -0.00967. The molecule has 1 aliphatic rings. The van der Waals surface area contributed by atoms with E-state index in [2.05, 4.69) is 4.98 Å². The summed E-state index contributed by atoms with van der Waals surface area (Å²) in [7, 11) is 0. The molecule has 2 heterocycles. The Kier molecular flexibility index (Phi) is 4.99. The zero-order chi connectivity index (χ0) is 20.4. The first kappa shape index (κ1) is 18.7. The number of anilines is 1. The van der Waals surface area contributed by atoms with Crippen molar-refractivity contribution in [2.45, 2.75) is 13.5 Å². The predicted molar refractivity (Wildman–Crippen MR) is 113 cm³/mol. The molecule has 1 amide bonds. The van der Waals surface area contributed by atoms with Crippen molar-refractivity contribution in [2.24, 2.45) is 0 Å². The van der Waals surface area contributed by atoms with Crippen molar-refractivity contribution >= 4 is 17.9 Å². The van der Waals surface area contributed by atoms with E-state index in [1.807, 2.05) is 55.5 Å². The van der Waals surface area contributed by atoms with Gasteiger partial charge >= 0.3 is 0 Å². The summed E-state index contributed by atoms with van der Waals surface area (Å²) in [5.41, 5.74) is 10.8. The summed E-state index contributed by atoms with van der Waals surface area (Å²) in [4.78, 5) is 19.2. The Labute approximate surface area is 169 Å². The Morgan fingerprint density at radius 2 is 1.97 bits per heavy atom. The SMILES string of the molecule is Cc1ccc(C(=O)N2CCOc3ccc(-c4ccc(C=N)c(N)n4)cc3C2)cc1. The fourth-order valence-electron chi connectivity index (χ4n) is 3.37. The highest BCUT2D eigenvalue weighted by molar-refractivity contribution is 5.94. The molecule has 0 aliphatic carbocycles. The molecule has 0 radical (unpaired) electrons. The molecule has 0 spiro atoms. The van der Waals surface area contributed by atoms with Gasteiger partial charge in [0.25, 0.3) is 5.91 Å². The fourth-order valence-corrected chi connectivity index (χ4v) is 3.37. The van der Waals surface area contributed by atoms with Gasteiger partial charge in [-0.2, -0.15) is 0 Å². The lowest BCUT2D eigenvalue weighted by molar-refractivity contribution is 0.0733. The smallest absolute Gasteiger partial charge is 0.254 e. The number of nitrogen functional groups attached to an aromatic ring is 1. The molecular weight excluding hydrogens is 364 g/mol. The normalized spacial score (nSPS) is 13.2. The van der Waals surface area contributed by atoms with E-state index in [9.17, 15) is 4.79 Å². The predicted octanol–water partition coefficient (Wildman–Crippen LogP) is 3.67. The van der Waals surface area contributed by atoms with Crippen LogP contribution < -0.4 is 10.5 Å². The van der Waals surface area contributed by atoms with Gasteiger partial charge in [-0.15, -0.1) is 0 Å². The lowest BCUT2D eigenvalue weighted by Crippen LogP contribution is -2.32. The van der Waals surface area contributed by atoms with Gasteiger partial charge in [-0.3, -0.25) is 4.79 Å². The average Bonchev–Trinajstić information content (AvgIpc) is 2.95. The van der Waals surface area contributed by atoms with E-state index in [1.54, 1.807) is 11.0 Å². The number of hydrogen-bond acceptors (Lipinski definition) is 5. The summed E-state index contributed by atoms with van der Waals surface area (Å²) in [6.07, 6.45) is 1.19. The van der Waals surface area contributed by atoms with Crippen LogP contribution in [0.15, 0.2) is 54.6 Å². The number of aryl methyl sites for hydroxylation is 1. The molecule has 1 aliphatic heterocycles. The average molecular weight is 386 g/mol. The van der Waals surface area contributed by atoms with Crippen LogP contribution in [0.4, 0.5) is 5.82 Å². The van der Waals surface area contributed by atoms with Crippen molar-refractivity contribution in [1.29, 1.82) is 5.41 Å². The monoisotopic (exact) mass is 386 g/mol. The Balaban J connectivity index is 1.63. The second kappa shape index (κ2) is 7.75. The fraction of sp³-hybridized carbons (Fsp3) is 0.174. The number of carbonyl (C=O) groups is 1. The molecule has 6 nitrogen and oxygen atoms in total. The Morgan fingerprint density at radius 3 is 2.69 bits per heavy atom. The molecule has 6 heteroatoms. The van der Waals surface area contributed by atoms with Crippen LogP contribution in [0.3, 0.4) is 0 Å². The van der Waals surface area contributed by atoms with E-state index in [-0.39, 0.29) is 5.91 Å². The van der Waals surface area contributed by atoms with E-state index in [0.29, 0.717) is 36.6 Å². The zero-order valence-corrected chi connectivity index (χ0v) is 16.2. The number of pyridine rings is 1. The van der Waals surface area contributed by atoms with Crippen molar-refractivity contribution in [3.63, 3.8) is 0 Å². The van der Waals surface area contributed by atoms with Crippen molar-refractivity contribution in [3.8, 4) is 17.0 Å². The van der Waals surface area contributed by atoms with Crippen LogP contribution in [0.25, 0.3) is 11.3 Å². The van der Waals surface area contributed by atoms with Crippen LogP contribution in [-0.2, 0) is 6.54 Å². The molecule has 0 fully saturated rings. The van der Waals surface area contributed by atoms with Gasteiger partial charge in [0.15, 0.2) is 0 Å². The van der Waals surface area contributed by atoms with Gasteiger partial charge in [0.2, 0.25) is 0 Å². The maximum atomic E-state index is 13.0.